The number of furan rings is 1. The van der Waals surface area contributed by atoms with E-state index in [9.17, 15) is 9.59 Å². The SMILES string of the molecule is CN(Cc1ccco1)C(=O)COC(=O)C12C[C@H]3C[C@@H](C1)CC(c1ccccc1)(C3)C2. The van der Waals surface area contributed by atoms with E-state index in [1.165, 1.54) is 29.7 Å². The maximum atomic E-state index is 13.3. The van der Waals surface area contributed by atoms with Crippen LogP contribution in [0, 0.1) is 17.3 Å². The van der Waals surface area contributed by atoms with Gasteiger partial charge in [0.1, 0.15) is 5.76 Å². The van der Waals surface area contributed by atoms with E-state index in [2.05, 4.69) is 30.3 Å². The summed E-state index contributed by atoms with van der Waals surface area (Å²) in [5, 5.41) is 0. The van der Waals surface area contributed by atoms with E-state index in [0.717, 1.165) is 19.3 Å². The van der Waals surface area contributed by atoms with Gasteiger partial charge in [-0.2, -0.15) is 0 Å². The standard InChI is InChI=1S/C25H29NO4/c1-26(15-21-8-5-9-29-21)22(27)16-30-23(28)25-13-18-10-19(14-25)12-24(11-18,17-25)20-6-3-2-4-7-20/h2-9,18-19H,10-17H2,1H3/t18-,19+,24?,25?. The molecule has 1 amide bonds. The second-order valence-corrected chi connectivity index (χ2v) is 9.79. The first-order valence-corrected chi connectivity index (χ1v) is 11.0. The highest BCUT2D eigenvalue weighted by Gasteiger charge is 2.61. The number of nitrogens with zero attached hydrogens (tertiary/aromatic N) is 1. The first kappa shape index (κ1) is 19.4. The summed E-state index contributed by atoms with van der Waals surface area (Å²) in [4.78, 5) is 27.3. The van der Waals surface area contributed by atoms with Crippen LogP contribution in [0.25, 0.3) is 0 Å². The smallest absolute Gasteiger partial charge is 0.312 e. The van der Waals surface area contributed by atoms with Crippen LogP contribution in [-0.2, 0) is 26.3 Å². The number of hydrogen-bond acceptors (Lipinski definition) is 4. The molecule has 0 radical (unpaired) electrons. The lowest BCUT2D eigenvalue weighted by molar-refractivity contribution is -0.176. The van der Waals surface area contributed by atoms with Crippen LogP contribution in [0.5, 0.6) is 0 Å². The summed E-state index contributed by atoms with van der Waals surface area (Å²) in [5.74, 6) is 1.50. The lowest BCUT2D eigenvalue weighted by atomic mass is 9.43. The van der Waals surface area contributed by atoms with Crippen LogP contribution in [0.4, 0.5) is 0 Å². The number of esters is 1. The van der Waals surface area contributed by atoms with E-state index in [4.69, 9.17) is 9.15 Å². The van der Waals surface area contributed by atoms with Crippen LogP contribution in [0.3, 0.4) is 0 Å². The molecule has 6 rings (SSSR count). The summed E-state index contributed by atoms with van der Waals surface area (Å²) < 4.78 is 10.9. The topological polar surface area (TPSA) is 59.8 Å². The molecular formula is C25H29NO4. The van der Waals surface area contributed by atoms with Crippen molar-refractivity contribution >= 4 is 11.9 Å². The van der Waals surface area contributed by atoms with Crippen molar-refractivity contribution in [1.82, 2.24) is 4.90 Å². The molecule has 1 aromatic heterocycles. The molecule has 4 saturated carbocycles. The molecule has 30 heavy (non-hydrogen) atoms. The summed E-state index contributed by atoms with van der Waals surface area (Å²) in [6.07, 6.45) is 7.84. The van der Waals surface area contributed by atoms with Crippen molar-refractivity contribution in [2.24, 2.45) is 17.3 Å². The third-order valence-electron chi connectivity index (χ3n) is 7.61. The molecule has 2 aromatic rings. The molecular weight excluding hydrogens is 378 g/mol. The van der Waals surface area contributed by atoms with Gasteiger partial charge in [0.05, 0.1) is 18.2 Å². The highest BCUT2D eigenvalue weighted by Crippen LogP contribution is 2.66. The normalized spacial score (nSPS) is 31.5. The van der Waals surface area contributed by atoms with Crippen LogP contribution in [0.2, 0.25) is 0 Å². The molecule has 2 unspecified atom stereocenters. The number of rotatable bonds is 6. The van der Waals surface area contributed by atoms with Crippen molar-refractivity contribution in [3.05, 3.63) is 60.1 Å². The van der Waals surface area contributed by atoms with E-state index < -0.39 is 5.41 Å². The Hall–Kier alpha value is -2.56. The van der Waals surface area contributed by atoms with Gasteiger partial charge in [0.15, 0.2) is 6.61 Å². The fourth-order valence-corrected chi connectivity index (χ4v) is 6.75. The Labute approximate surface area is 177 Å². The number of carbonyl (C=O) groups is 2. The Kier molecular flexibility index (Phi) is 4.72. The minimum absolute atomic E-state index is 0.0877. The van der Waals surface area contributed by atoms with Crippen LogP contribution >= 0.6 is 0 Å². The van der Waals surface area contributed by atoms with Gasteiger partial charge in [-0.3, -0.25) is 9.59 Å². The summed E-state index contributed by atoms with van der Waals surface area (Å²) in [6, 6.07) is 14.3. The average Bonchev–Trinajstić information content (AvgIpc) is 3.24. The van der Waals surface area contributed by atoms with Gasteiger partial charge in [-0.05, 0) is 73.5 Å². The number of benzene rings is 1. The maximum Gasteiger partial charge on any atom is 0.312 e. The molecule has 158 valence electrons. The van der Waals surface area contributed by atoms with Crippen molar-refractivity contribution in [2.75, 3.05) is 13.7 Å². The zero-order chi connectivity index (χ0) is 20.8. The van der Waals surface area contributed by atoms with Gasteiger partial charge in [-0.25, -0.2) is 0 Å². The minimum atomic E-state index is -0.431. The van der Waals surface area contributed by atoms with E-state index in [0.29, 0.717) is 24.1 Å². The second kappa shape index (κ2) is 7.29. The molecule has 4 atom stereocenters. The van der Waals surface area contributed by atoms with Gasteiger partial charge >= 0.3 is 5.97 Å². The fourth-order valence-electron chi connectivity index (χ4n) is 6.75. The van der Waals surface area contributed by atoms with Crippen LogP contribution in [0.1, 0.15) is 49.8 Å². The van der Waals surface area contributed by atoms with Crippen molar-refractivity contribution in [3.8, 4) is 0 Å². The van der Waals surface area contributed by atoms with Crippen LogP contribution < -0.4 is 0 Å². The molecule has 5 heteroatoms. The molecule has 4 bridgehead atoms. The molecule has 5 nitrogen and oxygen atoms in total. The third kappa shape index (κ3) is 3.34. The Morgan fingerprint density at radius 1 is 1.07 bits per heavy atom. The van der Waals surface area contributed by atoms with Gasteiger partial charge in [-0.1, -0.05) is 30.3 Å². The summed E-state index contributed by atoms with van der Waals surface area (Å²) in [7, 11) is 1.70. The summed E-state index contributed by atoms with van der Waals surface area (Å²) in [6.45, 7) is 0.168. The Morgan fingerprint density at radius 3 is 2.47 bits per heavy atom. The van der Waals surface area contributed by atoms with Crippen molar-refractivity contribution in [2.45, 2.75) is 50.5 Å². The quantitative estimate of drug-likeness (QED) is 0.669. The van der Waals surface area contributed by atoms with E-state index in [1.807, 2.05) is 6.07 Å². The van der Waals surface area contributed by atoms with Crippen molar-refractivity contribution in [3.63, 3.8) is 0 Å². The zero-order valence-corrected chi connectivity index (χ0v) is 17.5. The third-order valence-corrected chi connectivity index (χ3v) is 7.61. The number of hydrogen-bond donors (Lipinski definition) is 0. The number of carbonyl (C=O) groups excluding carboxylic acids is 2. The zero-order valence-electron chi connectivity index (χ0n) is 17.5. The largest absolute Gasteiger partial charge is 0.467 e. The van der Waals surface area contributed by atoms with Crippen molar-refractivity contribution < 1.29 is 18.7 Å². The van der Waals surface area contributed by atoms with Crippen LogP contribution in [-0.4, -0.2) is 30.4 Å². The summed E-state index contributed by atoms with van der Waals surface area (Å²) >= 11 is 0. The fraction of sp³-hybridized carbons (Fsp3) is 0.520. The molecule has 1 heterocycles. The first-order chi connectivity index (χ1) is 14.5. The molecule has 0 aliphatic heterocycles. The Morgan fingerprint density at radius 2 is 1.80 bits per heavy atom. The minimum Gasteiger partial charge on any atom is -0.467 e. The van der Waals surface area contributed by atoms with Gasteiger partial charge in [0.2, 0.25) is 0 Å². The lowest BCUT2D eigenvalue weighted by Crippen LogP contribution is -2.57. The lowest BCUT2D eigenvalue weighted by Gasteiger charge is -2.61. The predicted molar refractivity (Wildman–Crippen MR) is 111 cm³/mol. The highest BCUT2D eigenvalue weighted by molar-refractivity contribution is 5.83. The maximum absolute atomic E-state index is 13.3. The van der Waals surface area contributed by atoms with Gasteiger partial charge in [0, 0.05) is 7.05 Å². The molecule has 4 fully saturated rings. The molecule has 0 spiro atoms. The molecule has 0 saturated heterocycles. The van der Waals surface area contributed by atoms with Gasteiger partial charge in [0.25, 0.3) is 5.91 Å². The van der Waals surface area contributed by atoms with Gasteiger partial charge in [-0.15, -0.1) is 0 Å². The Balaban J connectivity index is 1.28. The molecule has 4 aliphatic carbocycles. The predicted octanol–water partition coefficient (Wildman–Crippen LogP) is 4.32. The van der Waals surface area contributed by atoms with Crippen molar-refractivity contribution in [1.29, 1.82) is 0 Å². The highest BCUT2D eigenvalue weighted by atomic mass is 16.5. The summed E-state index contributed by atoms with van der Waals surface area (Å²) in [5.41, 5.74) is 1.02. The number of amides is 1. The molecule has 4 aliphatic rings. The number of ether oxygens (including phenoxy) is 1. The van der Waals surface area contributed by atoms with E-state index >= 15 is 0 Å². The first-order valence-electron chi connectivity index (χ1n) is 11.0. The monoisotopic (exact) mass is 407 g/mol. The number of likely N-dealkylation sites (N-methyl/N-ethyl adjacent to an activating group) is 1. The van der Waals surface area contributed by atoms with Crippen LogP contribution in [0.15, 0.2) is 53.1 Å². The average molecular weight is 408 g/mol. The van der Waals surface area contributed by atoms with Gasteiger partial charge < -0.3 is 14.1 Å². The molecule has 0 N–H and O–H groups in total. The molecule has 1 aromatic carbocycles. The van der Waals surface area contributed by atoms with E-state index in [-0.39, 0.29) is 23.9 Å². The Bertz CT molecular complexity index is 906. The second-order valence-electron chi connectivity index (χ2n) is 9.79. The van der Waals surface area contributed by atoms with E-state index in [1.54, 1.807) is 19.4 Å².